The smallest absolute Gasteiger partial charge is 0.287 e. The van der Waals surface area contributed by atoms with Crippen molar-refractivity contribution < 1.29 is 18.9 Å². The van der Waals surface area contributed by atoms with Crippen LogP contribution in [0.3, 0.4) is 0 Å². The first kappa shape index (κ1) is 19.0. The Morgan fingerprint density at radius 3 is 2.50 bits per heavy atom. The maximum Gasteiger partial charge on any atom is 0.287 e. The second-order valence-corrected chi connectivity index (χ2v) is 6.06. The van der Waals surface area contributed by atoms with Crippen molar-refractivity contribution in [3.63, 3.8) is 0 Å². The quantitative estimate of drug-likeness (QED) is 0.572. The van der Waals surface area contributed by atoms with Gasteiger partial charge in [-0.25, -0.2) is 0 Å². The van der Waals surface area contributed by atoms with Crippen molar-refractivity contribution >= 4 is 17.6 Å². The van der Waals surface area contributed by atoms with E-state index in [0.29, 0.717) is 12.1 Å². The molecule has 28 heavy (non-hydrogen) atoms. The number of aromatic nitrogens is 2. The maximum atomic E-state index is 12.7. The van der Waals surface area contributed by atoms with Crippen LogP contribution in [0.4, 0.5) is 0 Å². The van der Waals surface area contributed by atoms with E-state index in [4.69, 9.17) is 10.3 Å². The van der Waals surface area contributed by atoms with Gasteiger partial charge in [0.25, 0.3) is 11.8 Å². The van der Waals surface area contributed by atoms with Gasteiger partial charge in [0.1, 0.15) is 11.3 Å². The number of hydrogen-bond donors (Lipinski definition) is 2. The maximum absolute atomic E-state index is 12.7. The molecule has 1 aromatic carbocycles. The highest BCUT2D eigenvalue weighted by molar-refractivity contribution is 6.38. The number of hydrogen-bond acceptors (Lipinski definition) is 6. The second kappa shape index (κ2) is 8.72. The first-order valence-corrected chi connectivity index (χ1v) is 8.60. The fourth-order valence-electron chi connectivity index (χ4n) is 2.72. The number of carbonyl (C=O) groups is 3. The van der Waals surface area contributed by atoms with Gasteiger partial charge in [0.15, 0.2) is 5.76 Å². The predicted octanol–water partition coefficient (Wildman–Crippen LogP) is 1.52. The highest BCUT2D eigenvalue weighted by Gasteiger charge is 2.27. The Kier molecular flexibility index (Phi) is 5.91. The number of ketones is 1. The van der Waals surface area contributed by atoms with Gasteiger partial charge < -0.3 is 15.6 Å². The molecule has 2 heterocycles. The monoisotopic (exact) mass is 378 g/mol. The molecule has 3 rings (SSSR count). The molecule has 1 unspecified atom stereocenters. The molecule has 3 aromatic rings. The lowest BCUT2D eigenvalue weighted by molar-refractivity contribution is -0.137. The zero-order valence-corrected chi connectivity index (χ0v) is 14.9. The van der Waals surface area contributed by atoms with E-state index in [1.165, 1.54) is 6.20 Å². The van der Waals surface area contributed by atoms with Crippen molar-refractivity contribution in [2.24, 2.45) is 5.73 Å². The van der Waals surface area contributed by atoms with Crippen molar-refractivity contribution in [1.29, 1.82) is 0 Å². The van der Waals surface area contributed by atoms with Crippen LogP contribution in [-0.4, -0.2) is 33.8 Å². The molecule has 142 valence electrons. The summed E-state index contributed by atoms with van der Waals surface area (Å²) in [5, 5.41) is 6.21. The van der Waals surface area contributed by atoms with Gasteiger partial charge in [-0.2, -0.15) is 0 Å². The number of aryl methyl sites for hydroxylation is 1. The summed E-state index contributed by atoms with van der Waals surface area (Å²) in [4.78, 5) is 40.4. The Bertz CT molecular complexity index is 970. The van der Waals surface area contributed by atoms with E-state index in [1.807, 2.05) is 30.3 Å². The van der Waals surface area contributed by atoms with Crippen LogP contribution in [0, 0.1) is 0 Å². The minimum atomic E-state index is -1.10. The number of carbonyl (C=O) groups excluding carboxylic acids is 3. The lowest BCUT2D eigenvalue weighted by atomic mass is 10.0. The zero-order valence-electron chi connectivity index (χ0n) is 14.9. The molecule has 0 fully saturated rings. The van der Waals surface area contributed by atoms with E-state index in [0.717, 1.165) is 5.56 Å². The summed E-state index contributed by atoms with van der Waals surface area (Å²) in [6.45, 7) is 0. The topological polar surface area (TPSA) is 128 Å². The largest absolute Gasteiger partial charge is 0.363 e. The van der Waals surface area contributed by atoms with Crippen LogP contribution < -0.4 is 11.1 Å². The van der Waals surface area contributed by atoms with Gasteiger partial charge in [0.05, 0.1) is 12.2 Å². The van der Waals surface area contributed by atoms with Crippen molar-refractivity contribution in [2.75, 3.05) is 0 Å². The van der Waals surface area contributed by atoms with E-state index in [1.54, 1.807) is 24.4 Å². The summed E-state index contributed by atoms with van der Waals surface area (Å²) in [7, 11) is 0. The van der Waals surface area contributed by atoms with Crippen LogP contribution in [-0.2, 0) is 16.0 Å². The minimum absolute atomic E-state index is 0.112. The molecular formula is C20H18N4O4. The van der Waals surface area contributed by atoms with Gasteiger partial charge in [-0.15, -0.1) is 0 Å². The van der Waals surface area contributed by atoms with Gasteiger partial charge in [-0.1, -0.05) is 41.6 Å². The van der Waals surface area contributed by atoms with Gasteiger partial charge in [0, 0.05) is 6.20 Å². The van der Waals surface area contributed by atoms with Crippen LogP contribution in [0.25, 0.3) is 11.5 Å². The van der Waals surface area contributed by atoms with E-state index >= 15 is 0 Å². The molecule has 2 aromatic heterocycles. The van der Waals surface area contributed by atoms with Crippen molar-refractivity contribution in [2.45, 2.75) is 18.9 Å². The van der Waals surface area contributed by atoms with Gasteiger partial charge in [0.2, 0.25) is 5.78 Å². The van der Waals surface area contributed by atoms with Crippen LogP contribution in [0.15, 0.2) is 65.4 Å². The number of nitrogens with one attached hydrogen (secondary N) is 1. The third-order valence-electron chi connectivity index (χ3n) is 4.14. The molecule has 1 atom stereocenters. The first-order chi connectivity index (χ1) is 13.6. The summed E-state index contributed by atoms with van der Waals surface area (Å²) >= 11 is 0. The molecule has 3 N–H and O–H groups in total. The molecule has 0 aliphatic carbocycles. The number of amides is 2. The van der Waals surface area contributed by atoms with Gasteiger partial charge in [-0.05, 0) is 30.5 Å². The normalized spacial score (nSPS) is 11.6. The van der Waals surface area contributed by atoms with Crippen LogP contribution in [0.5, 0.6) is 0 Å². The first-order valence-electron chi connectivity index (χ1n) is 8.60. The Morgan fingerprint density at radius 2 is 1.82 bits per heavy atom. The molecule has 0 aliphatic rings. The Morgan fingerprint density at radius 1 is 1.07 bits per heavy atom. The van der Waals surface area contributed by atoms with Crippen molar-refractivity contribution in [1.82, 2.24) is 15.5 Å². The Hall–Kier alpha value is -3.81. The summed E-state index contributed by atoms with van der Waals surface area (Å²) in [6, 6.07) is 13.5. The van der Waals surface area contributed by atoms with E-state index in [2.05, 4.69) is 15.5 Å². The average Bonchev–Trinajstić information content (AvgIpc) is 3.22. The Balaban J connectivity index is 1.77. The number of nitrogens with two attached hydrogens (primary N) is 1. The molecule has 8 heteroatoms. The zero-order chi connectivity index (χ0) is 19.9. The SMILES string of the molecule is NC(=O)C(=O)C(CCc1ccccc1)NC(=O)c1cnoc1-c1ccccn1. The van der Waals surface area contributed by atoms with E-state index in [-0.39, 0.29) is 17.7 Å². The predicted molar refractivity (Wildman–Crippen MR) is 100.0 cm³/mol. The van der Waals surface area contributed by atoms with E-state index in [9.17, 15) is 14.4 Å². The molecular weight excluding hydrogens is 360 g/mol. The second-order valence-electron chi connectivity index (χ2n) is 6.06. The number of benzene rings is 1. The van der Waals surface area contributed by atoms with Gasteiger partial charge in [-0.3, -0.25) is 19.4 Å². The third-order valence-corrected chi connectivity index (χ3v) is 4.14. The minimum Gasteiger partial charge on any atom is -0.363 e. The lowest BCUT2D eigenvalue weighted by Gasteiger charge is -2.16. The number of primary amides is 1. The number of nitrogens with zero attached hydrogens (tertiary/aromatic N) is 2. The summed E-state index contributed by atoms with van der Waals surface area (Å²) < 4.78 is 5.14. The molecule has 0 bridgehead atoms. The summed E-state index contributed by atoms with van der Waals surface area (Å²) in [6.07, 6.45) is 3.50. The summed E-state index contributed by atoms with van der Waals surface area (Å²) in [5.74, 6) is -2.39. The average molecular weight is 378 g/mol. The highest BCUT2D eigenvalue weighted by Crippen LogP contribution is 2.21. The van der Waals surface area contributed by atoms with Crippen LogP contribution >= 0.6 is 0 Å². The molecule has 0 saturated heterocycles. The van der Waals surface area contributed by atoms with Crippen molar-refractivity contribution in [3.05, 3.63) is 72.1 Å². The standard InChI is InChI=1S/C20H18N4O4/c21-19(26)17(25)15(10-9-13-6-2-1-3-7-13)24-20(27)14-12-23-28-18(14)16-8-4-5-11-22-16/h1-8,11-12,15H,9-10H2,(H2,21,26)(H,24,27). The molecule has 0 saturated carbocycles. The molecule has 0 spiro atoms. The summed E-state index contributed by atoms with van der Waals surface area (Å²) in [5.41, 5.74) is 6.65. The van der Waals surface area contributed by atoms with Crippen LogP contribution in [0.2, 0.25) is 0 Å². The molecule has 8 nitrogen and oxygen atoms in total. The van der Waals surface area contributed by atoms with Crippen molar-refractivity contribution in [3.8, 4) is 11.5 Å². The fraction of sp³-hybridized carbons (Fsp3) is 0.150. The number of rotatable bonds is 8. The Labute approximate surface area is 160 Å². The lowest BCUT2D eigenvalue weighted by Crippen LogP contribution is -2.46. The number of pyridine rings is 1. The van der Waals surface area contributed by atoms with Gasteiger partial charge >= 0.3 is 0 Å². The molecule has 0 radical (unpaired) electrons. The highest BCUT2D eigenvalue weighted by atomic mass is 16.5. The van der Waals surface area contributed by atoms with Crippen LogP contribution in [0.1, 0.15) is 22.3 Å². The number of Topliss-reactive ketones (excluding diaryl/α,β-unsaturated/α-hetero) is 1. The fourth-order valence-corrected chi connectivity index (χ4v) is 2.72. The van der Waals surface area contributed by atoms with E-state index < -0.39 is 23.6 Å². The molecule has 2 amide bonds. The third kappa shape index (κ3) is 4.47. The molecule has 0 aliphatic heterocycles.